The molecule has 1 atom stereocenters. The standard InChI is InChI=1S/C20H20N2O3/c1-3-11-22-17-13-16(9-10-18(17)25-14(2)20(22)24)21-19(23)12-15-7-5-4-6-8-15/h3-10,13-14H,1,11-12H2,2H3,(H,21,23). The largest absolute Gasteiger partial charge is 0.479 e. The molecule has 2 amide bonds. The summed E-state index contributed by atoms with van der Waals surface area (Å²) in [6.45, 7) is 5.81. The second kappa shape index (κ2) is 7.21. The van der Waals surface area contributed by atoms with E-state index in [0.717, 1.165) is 5.56 Å². The second-order valence-corrected chi connectivity index (χ2v) is 5.89. The Kier molecular flexibility index (Phi) is 4.84. The first-order valence-corrected chi connectivity index (χ1v) is 8.15. The van der Waals surface area contributed by atoms with Gasteiger partial charge in [-0.25, -0.2) is 0 Å². The summed E-state index contributed by atoms with van der Waals surface area (Å²) >= 11 is 0. The summed E-state index contributed by atoms with van der Waals surface area (Å²) in [5.74, 6) is 0.382. The van der Waals surface area contributed by atoms with Gasteiger partial charge in [-0.15, -0.1) is 6.58 Å². The Bertz CT molecular complexity index is 802. The zero-order valence-electron chi connectivity index (χ0n) is 14.1. The molecule has 0 saturated heterocycles. The summed E-state index contributed by atoms with van der Waals surface area (Å²) in [6, 6.07) is 14.8. The lowest BCUT2D eigenvalue weighted by Crippen LogP contribution is -2.44. The van der Waals surface area contributed by atoms with E-state index in [-0.39, 0.29) is 11.8 Å². The van der Waals surface area contributed by atoms with Gasteiger partial charge in [0.2, 0.25) is 5.91 Å². The van der Waals surface area contributed by atoms with Crippen LogP contribution in [0.15, 0.2) is 61.2 Å². The molecule has 5 nitrogen and oxygen atoms in total. The van der Waals surface area contributed by atoms with Crippen LogP contribution in [0.4, 0.5) is 11.4 Å². The Hall–Kier alpha value is -3.08. The highest BCUT2D eigenvalue weighted by molar-refractivity contribution is 6.01. The summed E-state index contributed by atoms with van der Waals surface area (Å²) in [6.07, 6.45) is 1.42. The van der Waals surface area contributed by atoms with E-state index in [1.54, 1.807) is 36.1 Å². The molecule has 0 radical (unpaired) electrons. The van der Waals surface area contributed by atoms with Crippen LogP contribution in [0.3, 0.4) is 0 Å². The van der Waals surface area contributed by atoms with E-state index >= 15 is 0 Å². The molecule has 2 aromatic rings. The van der Waals surface area contributed by atoms with Crippen LogP contribution in [0.2, 0.25) is 0 Å². The number of hydrogen-bond acceptors (Lipinski definition) is 3. The monoisotopic (exact) mass is 336 g/mol. The quantitative estimate of drug-likeness (QED) is 0.853. The number of carbonyl (C=O) groups is 2. The first kappa shape index (κ1) is 16.8. The Labute approximate surface area is 146 Å². The second-order valence-electron chi connectivity index (χ2n) is 5.89. The highest BCUT2D eigenvalue weighted by atomic mass is 16.5. The smallest absolute Gasteiger partial charge is 0.268 e. The molecule has 1 aliphatic heterocycles. The molecule has 1 N–H and O–H groups in total. The van der Waals surface area contributed by atoms with E-state index in [4.69, 9.17) is 4.74 Å². The molecule has 0 fully saturated rings. The van der Waals surface area contributed by atoms with Gasteiger partial charge in [0.1, 0.15) is 5.75 Å². The average Bonchev–Trinajstić information content (AvgIpc) is 2.60. The minimum atomic E-state index is -0.536. The molecule has 0 bridgehead atoms. The fraction of sp³-hybridized carbons (Fsp3) is 0.200. The number of anilines is 2. The van der Waals surface area contributed by atoms with Gasteiger partial charge in [-0.05, 0) is 30.7 Å². The molecule has 5 heteroatoms. The number of fused-ring (bicyclic) bond motifs is 1. The third-order valence-corrected chi connectivity index (χ3v) is 3.97. The zero-order valence-corrected chi connectivity index (χ0v) is 14.1. The fourth-order valence-electron chi connectivity index (χ4n) is 2.79. The highest BCUT2D eigenvalue weighted by Crippen LogP contribution is 2.36. The number of nitrogens with one attached hydrogen (secondary N) is 1. The van der Waals surface area contributed by atoms with E-state index < -0.39 is 6.10 Å². The number of hydrogen-bond donors (Lipinski definition) is 1. The topological polar surface area (TPSA) is 58.6 Å². The number of ether oxygens (including phenoxy) is 1. The first-order valence-electron chi connectivity index (χ1n) is 8.15. The predicted molar refractivity (Wildman–Crippen MR) is 97.9 cm³/mol. The van der Waals surface area contributed by atoms with Gasteiger partial charge in [-0.1, -0.05) is 36.4 Å². The average molecular weight is 336 g/mol. The summed E-state index contributed by atoms with van der Waals surface area (Å²) in [5.41, 5.74) is 2.21. The van der Waals surface area contributed by atoms with E-state index in [1.165, 1.54) is 0 Å². The Balaban J connectivity index is 1.79. The van der Waals surface area contributed by atoms with Crippen LogP contribution in [-0.4, -0.2) is 24.5 Å². The van der Waals surface area contributed by atoms with Crippen LogP contribution in [0.5, 0.6) is 5.75 Å². The predicted octanol–water partition coefficient (Wildman–Crippen LogP) is 3.17. The van der Waals surface area contributed by atoms with Crippen molar-refractivity contribution in [3.8, 4) is 5.75 Å². The van der Waals surface area contributed by atoms with E-state index in [2.05, 4.69) is 11.9 Å². The van der Waals surface area contributed by atoms with E-state index in [0.29, 0.717) is 30.1 Å². The number of carbonyl (C=O) groups excluding carboxylic acids is 2. The Morgan fingerprint density at radius 1 is 1.28 bits per heavy atom. The van der Waals surface area contributed by atoms with Gasteiger partial charge in [-0.3, -0.25) is 9.59 Å². The van der Waals surface area contributed by atoms with Crippen molar-refractivity contribution in [2.24, 2.45) is 0 Å². The van der Waals surface area contributed by atoms with Crippen LogP contribution < -0.4 is 15.0 Å². The molecule has 1 unspecified atom stereocenters. The lowest BCUT2D eigenvalue weighted by molar-refractivity contribution is -0.125. The lowest BCUT2D eigenvalue weighted by atomic mass is 10.1. The summed E-state index contributed by atoms with van der Waals surface area (Å²) in [4.78, 5) is 26.2. The molecular weight excluding hydrogens is 316 g/mol. The Morgan fingerprint density at radius 2 is 2.04 bits per heavy atom. The molecule has 1 heterocycles. The first-order chi connectivity index (χ1) is 12.1. The minimum Gasteiger partial charge on any atom is -0.479 e. The van der Waals surface area contributed by atoms with Crippen LogP contribution >= 0.6 is 0 Å². The van der Waals surface area contributed by atoms with Crippen molar-refractivity contribution in [3.63, 3.8) is 0 Å². The minimum absolute atomic E-state index is 0.113. The number of rotatable bonds is 5. The molecule has 25 heavy (non-hydrogen) atoms. The third kappa shape index (κ3) is 3.71. The fourth-order valence-corrected chi connectivity index (χ4v) is 2.79. The van der Waals surface area contributed by atoms with E-state index in [9.17, 15) is 9.59 Å². The van der Waals surface area contributed by atoms with E-state index in [1.807, 2.05) is 30.3 Å². The number of nitrogens with zero attached hydrogens (tertiary/aromatic N) is 1. The summed E-state index contributed by atoms with van der Waals surface area (Å²) in [5, 5.41) is 2.87. The van der Waals surface area contributed by atoms with Crippen molar-refractivity contribution in [1.82, 2.24) is 0 Å². The molecule has 2 aromatic carbocycles. The maximum Gasteiger partial charge on any atom is 0.268 e. The van der Waals surface area contributed by atoms with Gasteiger partial charge in [0.05, 0.1) is 12.1 Å². The van der Waals surface area contributed by atoms with Gasteiger partial charge in [0, 0.05) is 12.2 Å². The van der Waals surface area contributed by atoms with Crippen LogP contribution in [0, 0.1) is 0 Å². The van der Waals surface area contributed by atoms with Crippen molar-refractivity contribution in [2.45, 2.75) is 19.4 Å². The van der Waals surface area contributed by atoms with Crippen LogP contribution in [-0.2, 0) is 16.0 Å². The van der Waals surface area contributed by atoms with Crippen molar-refractivity contribution in [1.29, 1.82) is 0 Å². The molecule has 0 saturated carbocycles. The molecular formula is C20H20N2O3. The van der Waals surface area contributed by atoms with Crippen LogP contribution in [0.1, 0.15) is 12.5 Å². The van der Waals surface area contributed by atoms with Crippen LogP contribution in [0.25, 0.3) is 0 Å². The van der Waals surface area contributed by atoms with Gasteiger partial charge >= 0.3 is 0 Å². The normalized spacial score (nSPS) is 16.0. The zero-order chi connectivity index (χ0) is 17.8. The molecule has 0 aromatic heterocycles. The summed E-state index contributed by atoms with van der Waals surface area (Å²) in [7, 11) is 0. The lowest BCUT2D eigenvalue weighted by Gasteiger charge is -2.32. The maximum atomic E-state index is 12.3. The molecule has 3 rings (SSSR count). The summed E-state index contributed by atoms with van der Waals surface area (Å²) < 4.78 is 5.64. The highest BCUT2D eigenvalue weighted by Gasteiger charge is 2.30. The van der Waals surface area contributed by atoms with Crippen molar-refractivity contribution in [3.05, 3.63) is 66.7 Å². The van der Waals surface area contributed by atoms with Gasteiger partial charge < -0.3 is 15.0 Å². The van der Waals surface area contributed by atoms with Gasteiger partial charge in [-0.2, -0.15) is 0 Å². The number of benzene rings is 2. The van der Waals surface area contributed by atoms with Gasteiger partial charge in [0.25, 0.3) is 5.91 Å². The van der Waals surface area contributed by atoms with Crippen molar-refractivity contribution >= 4 is 23.2 Å². The van der Waals surface area contributed by atoms with Gasteiger partial charge in [0.15, 0.2) is 6.10 Å². The molecule has 0 spiro atoms. The molecule has 1 aliphatic rings. The molecule has 128 valence electrons. The van der Waals surface area contributed by atoms with Crippen molar-refractivity contribution < 1.29 is 14.3 Å². The Morgan fingerprint density at radius 3 is 2.76 bits per heavy atom. The van der Waals surface area contributed by atoms with Crippen molar-refractivity contribution in [2.75, 3.05) is 16.8 Å². The maximum absolute atomic E-state index is 12.3. The SMILES string of the molecule is C=CCN1C(=O)C(C)Oc2ccc(NC(=O)Cc3ccccc3)cc21. The third-order valence-electron chi connectivity index (χ3n) is 3.97. The molecule has 0 aliphatic carbocycles. The number of amides is 2.